The Kier molecular flexibility index (Phi) is 5.36. The second-order valence-corrected chi connectivity index (χ2v) is 9.30. The van der Waals surface area contributed by atoms with E-state index in [-0.39, 0.29) is 18.4 Å². The van der Waals surface area contributed by atoms with Gasteiger partial charge in [0, 0.05) is 37.3 Å². The van der Waals surface area contributed by atoms with Crippen LogP contribution in [0, 0.1) is 5.92 Å². The predicted molar refractivity (Wildman–Crippen MR) is 101 cm³/mol. The maximum atomic E-state index is 12.2. The molecule has 5 nitrogen and oxygen atoms in total. The molecule has 3 heterocycles. The third-order valence-electron chi connectivity index (χ3n) is 6.07. The van der Waals surface area contributed by atoms with Crippen molar-refractivity contribution in [3.05, 3.63) is 29.3 Å². The van der Waals surface area contributed by atoms with Crippen molar-refractivity contribution >= 4 is 22.4 Å². The molecule has 0 aliphatic carbocycles. The second-order valence-electron chi connectivity index (χ2n) is 7.37. The molecule has 25 heavy (non-hydrogen) atoms. The van der Waals surface area contributed by atoms with E-state index in [0.717, 1.165) is 44.5 Å². The highest BCUT2D eigenvalue weighted by atomic mass is 35.5. The van der Waals surface area contributed by atoms with Crippen molar-refractivity contribution in [1.82, 2.24) is 9.21 Å². The summed E-state index contributed by atoms with van der Waals surface area (Å²) in [5.41, 5.74) is 2.64. The van der Waals surface area contributed by atoms with Crippen molar-refractivity contribution in [3.63, 3.8) is 0 Å². The van der Waals surface area contributed by atoms with Crippen molar-refractivity contribution in [1.29, 1.82) is 0 Å². The van der Waals surface area contributed by atoms with Crippen LogP contribution in [0.5, 0.6) is 5.75 Å². The van der Waals surface area contributed by atoms with Crippen LogP contribution in [-0.4, -0.2) is 56.7 Å². The molecule has 0 N–H and O–H groups in total. The van der Waals surface area contributed by atoms with Crippen LogP contribution in [0.2, 0.25) is 0 Å². The molecule has 3 aliphatic rings. The number of fused-ring (bicyclic) bond motifs is 4. The number of piperidine rings is 2. The van der Waals surface area contributed by atoms with Gasteiger partial charge in [-0.3, -0.25) is 4.90 Å². The number of benzene rings is 1. The van der Waals surface area contributed by atoms with Crippen LogP contribution in [0.1, 0.15) is 36.4 Å². The third kappa shape index (κ3) is 3.29. The number of methoxy groups -OCH3 is 1. The Balaban J connectivity index is 0.00000182. The molecule has 0 aromatic heterocycles. The zero-order valence-corrected chi connectivity index (χ0v) is 16.5. The minimum atomic E-state index is -3.13. The molecule has 7 heteroatoms. The Bertz CT molecular complexity index is 740. The number of nitrogens with zero attached hydrogens (tertiary/aromatic N) is 2. The standard InChI is InChI=1S/C18H26N2O3S.ClH/c1-23-18-7-3-6-14-15(18)8-10-19-12-13-5-4-9-20(24(2,21)22)16(13)11-17(14)19;/h3,6-7,13,16-17H,4-5,8-12H2,1-2H3;1H/t13-,16+,17+;/m1./s1. The predicted octanol–water partition coefficient (Wildman–Crippen LogP) is 2.46. The van der Waals surface area contributed by atoms with Crippen molar-refractivity contribution in [2.24, 2.45) is 5.92 Å². The average Bonchev–Trinajstić information content (AvgIpc) is 2.57. The van der Waals surface area contributed by atoms with E-state index in [0.29, 0.717) is 18.5 Å². The maximum Gasteiger partial charge on any atom is 0.211 e. The van der Waals surface area contributed by atoms with E-state index in [1.54, 1.807) is 11.4 Å². The molecule has 0 spiro atoms. The number of sulfonamides is 1. The summed E-state index contributed by atoms with van der Waals surface area (Å²) in [5, 5.41) is 0. The molecule has 2 saturated heterocycles. The maximum absolute atomic E-state index is 12.2. The summed E-state index contributed by atoms with van der Waals surface area (Å²) in [7, 11) is -1.41. The van der Waals surface area contributed by atoms with Crippen LogP contribution in [0.25, 0.3) is 0 Å². The SMILES string of the molecule is COc1cccc2c1CCN1C[C@H]3CCCN(S(C)(=O)=O)[C@H]3C[C@@H]21.Cl. The third-order valence-corrected chi connectivity index (χ3v) is 7.37. The summed E-state index contributed by atoms with van der Waals surface area (Å²) >= 11 is 0. The van der Waals surface area contributed by atoms with E-state index < -0.39 is 10.0 Å². The Labute approximate surface area is 156 Å². The Morgan fingerprint density at radius 1 is 1.24 bits per heavy atom. The lowest BCUT2D eigenvalue weighted by Gasteiger charge is -2.51. The highest BCUT2D eigenvalue weighted by Crippen LogP contribution is 2.44. The fourth-order valence-electron chi connectivity index (χ4n) is 5.02. The summed E-state index contributed by atoms with van der Waals surface area (Å²) in [6.45, 7) is 2.73. The first-order chi connectivity index (χ1) is 11.5. The smallest absolute Gasteiger partial charge is 0.211 e. The molecule has 4 rings (SSSR count). The van der Waals surface area contributed by atoms with Gasteiger partial charge in [0.15, 0.2) is 0 Å². The highest BCUT2D eigenvalue weighted by Gasteiger charge is 2.45. The van der Waals surface area contributed by atoms with Gasteiger partial charge in [-0.15, -0.1) is 12.4 Å². The summed E-state index contributed by atoms with van der Waals surface area (Å²) in [6.07, 6.45) is 5.41. The van der Waals surface area contributed by atoms with Crippen LogP contribution in [0.4, 0.5) is 0 Å². The molecule has 1 aromatic rings. The van der Waals surface area contributed by atoms with E-state index in [2.05, 4.69) is 17.0 Å². The number of rotatable bonds is 2. The minimum Gasteiger partial charge on any atom is -0.496 e. The normalized spacial score (nSPS) is 29.8. The van der Waals surface area contributed by atoms with E-state index in [1.807, 2.05) is 6.07 Å². The first-order valence-electron chi connectivity index (χ1n) is 8.85. The number of hydrogen-bond acceptors (Lipinski definition) is 4. The monoisotopic (exact) mass is 386 g/mol. The van der Waals surface area contributed by atoms with Crippen molar-refractivity contribution in [2.45, 2.75) is 37.8 Å². The van der Waals surface area contributed by atoms with Gasteiger partial charge in [-0.1, -0.05) is 12.1 Å². The van der Waals surface area contributed by atoms with Crippen molar-refractivity contribution in [3.8, 4) is 5.75 Å². The minimum absolute atomic E-state index is 0. The molecule has 1 aromatic carbocycles. The topological polar surface area (TPSA) is 49.9 Å². The second kappa shape index (κ2) is 7.06. The van der Waals surface area contributed by atoms with Gasteiger partial charge < -0.3 is 4.74 Å². The van der Waals surface area contributed by atoms with Crippen LogP contribution < -0.4 is 4.74 Å². The van der Waals surface area contributed by atoms with Crippen LogP contribution in [-0.2, 0) is 16.4 Å². The quantitative estimate of drug-likeness (QED) is 0.783. The average molecular weight is 387 g/mol. The first-order valence-corrected chi connectivity index (χ1v) is 10.7. The summed E-state index contributed by atoms with van der Waals surface area (Å²) in [5.74, 6) is 1.44. The van der Waals surface area contributed by atoms with Crippen molar-refractivity contribution in [2.75, 3.05) is 33.0 Å². The fourth-order valence-corrected chi connectivity index (χ4v) is 6.23. The Morgan fingerprint density at radius 2 is 2.04 bits per heavy atom. The van der Waals surface area contributed by atoms with Gasteiger partial charge in [0.1, 0.15) is 5.75 Å². The molecule has 2 fully saturated rings. The van der Waals surface area contributed by atoms with Gasteiger partial charge in [0.05, 0.1) is 13.4 Å². The van der Waals surface area contributed by atoms with E-state index >= 15 is 0 Å². The van der Waals surface area contributed by atoms with E-state index in [4.69, 9.17) is 4.74 Å². The molecule has 3 atom stereocenters. The number of hydrogen-bond donors (Lipinski definition) is 0. The van der Waals surface area contributed by atoms with Gasteiger partial charge in [0.2, 0.25) is 10.0 Å². The van der Waals surface area contributed by atoms with Crippen molar-refractivity contribution < 1.29 is 13.2 Å². The zero-order chi connectivity index (χ0) is 16.9. The van der Waals surface area contributed by atoms with Gasteiger partial charge in [0.25, 0.3) is 0 Å². The lowest BCUT2D eigenvalue weighted by molar-refractivity contribution is 0.0219. The molecule has 0 unspecified atom stereocenters. The molecule has 140 valence electrons. The Hall–Kier alpha value is -0.820. The zero-order valence-electron chi connectivity index (χ0n) is 14.8. The molecule has 3 aliphatic heterocycles. The molecule has 0 radical (unpaired) electrons. The summed E-state index contributed by atoms with van der Waals surface area (Å²) < 4.78 is 31.8. The van der Waals surface area contributed by atoms with Gasteiger partial charge >= 0.3 is 0 Å². The van der Waals surface area contributed by atoms with Crippen LogP contribution in [0.3, 0.4) is 0 Å². The fraction of sp³-hybridized carbons (Fsp3) is 0.667. The van der Waals surface area contributed by atoms with Gasteiger partial charge in [-0.25, -0.2) is 8.42 Å². The van der Waals surface area contributed by atoms with Gasteiger partial charge in [-0.05, 0) is 43.2 Å². The lowest BCUT2D eigenvalue weighted by atomic mass is 9.77. The molecule has 0 saturated carbocycles. The highest BCUT2D eigenvalue weighted by molar-refractivity contribution is 7.88. The molecule has 0 amide bonds. The van der Waals surface area contributed by atoms with Crippen LogP contribution in [0.15, 0.2) is 18.2 Å². The lowest BCUT2D eigenvalue weighted by Crippen LogP contribution is -2.57. The number of ether oxygens (including phenoxy) is 1. The molecular weight excluding hydrogens is 360 g/mol. The summed E-state index contributed by atoms with van der Waals surface area (Å²) in [4.78, 5) is 2.56. The van der Waals surface area contributed by atoms with Gasteiger partial charge in [-0.2, -0.15) is 4.31 Å². The van der Waals surface area contributed by atoms with Crippen LogP contribution >= 0.6 is 12.4 Å². The molecular formula is C18H27ClN2O3S. The summed E-state index contributed by atoms with van der Waals surface area (Å²) in [6, 6.07) is 6.74. The van der Waals surface area contributed by atoms with E-state index in [9.17, 15) is 8.42 Å². The Morgan fingerprint density at radius 3 is 2.76 bits per heavy atom. The first kappa shape index (κ1) is 19.0. The number of halogens is 1. The largest absolute Gasteiger partial charge is 0.496 e. The molecule has 0 bridgehead atoms. The van der Waals surface area contributed by atoms with E-state index in [1.165, 1.54) is 17.4 Å².